The van der Waals surface area contributed by atoms with Crippen LogP contribution >= 0.6 is 0 Å². The zero-order valence-electron chi connectivity index (χ0n) is 29.3. The fourth-order valence-corrected chi connectivity index (χ4v) is 8.50. The lowest BCUT2D eigenvalue weighted by atomic mass is 9.61. The molecule has 266 valence electrons. The van der Waals surface area contributed by atoms with Gasteiger partial charge < -0.3 is 24.0 Å². The lowest BCUT2D eigenvalue weighted by molar-refractivity contribution is -0.192. The molecule has 0 unspecified atom stereocenters. The summed E-state index contributed by atoms with van der Waals surface area (Å²) in [4.78, 5) is 31.5. The third-order valence-corrected chi connectivity index (χ3v) is 11.5. The topological polar surface area (TPSA) is 109 Å². The number of hydrogen-bond donors (Lipinski definition) is 0. The smallest absolute Gasteiger partial charge is 0.282 e. The Morgan fingerprint density at radius 3 is 2.68 bits per heavy atom. The van der Waals surface area contributed by atoms with Gasteiger partial charge in [0.1, 0.15) is 29.7 Å². The molecule has 1 aromatic carbocycles. The number of anilines is 1. The molecule has 0 N–H and O–H groups in total. The fourth-order valence-electron chi connectivity index (χ4n) is 8.50. The van der Waals surface area contributed by atoms with Crippen LogP contribution in [-0.4, -0.2) is 117 Å². The van der Waals surface area contributed by atoms with E-state index >= 15 is 0 Å². The Morgan fingerprint density at radius 1 is 1.12 bits per heavy atom. The molecular formula is C37H47FN8O4. The third-order valence-electron chi connectivity index (χ3n) is 11.5. The van der Waals surface area contributed by atoms with Gasteiger partial charge in [-0.3, -0.25) is 19.6 Å². The molecule has 4 aliphatic heterocycles. The summed E-state index contributed by atoms with van der Waals surface area (Å²) in [5.74, 6) is 1.13. The second kappa shape index (κ2) is 13.3. The minimum atomic E-state index is -0.510. The zero-order chi connectivity index (χ0) is 34.5. The lowest BCUT2D eigenvalue weighted by Gasteiger charge is -2.58. The zero-order valence-corrected chi connectivity index (χ0v) is 29.3. The van der Waals surface area contributed by atoms with Crippen molar-refractivity contribution in [3.8, 4) is 17.4 Å². The molecule has 3 saturated heterocycles. The minimum Gasteiger partial charge on any atom is -0.490 e. The largest absolute Gasteiger partial charge is 0.490 e. The van der Waals surface area contributed by atoms with E-state index in [2.05, 4.69) is 29.9 Å². The summed E-state index contributed by atoms with van der Waals surface area (Å²) in [5, 5.41) is 8.17. The molecule has 1 saturated carbocycles. The third kappa shape index (κ3) is 6.17. The van der Waals surface area contributed by atoms with Crippen molar-refractivity contribution in [2.24, 2.45) is 5.41 Å². The molecule has 3 aromatic rings. The maximum absolute atomic E-state index is 14.3. The first-order chi connectivity index (χ1) is 24.2. The molecule has 0 atom stereocenters. The number of nitrogens with zero attached hydrogens (tertiary/aromatic N) is 8. The molecule has 8 rings (SSSR count). The van der Waals surface area contributed by atoms with E-state index < -0.39 is 5.82 Å². The number of aromatic nitrogens is 4. The molecule has 0 radical (unpaired) electrons. The predicted molar refractivity (Wildman–Crippen MR) is 184 cm³/mol. The van der Waals surface area contributed by atoms with Gasteiger partial charge >= 0.3 is 0 Å². The summed E-state index contributed by atoms with van der Waals surface area (Å²) < 4.78 is 32.6. The number of hydrogen-bond acceptors (Lipinski definition) is 11. The summed E-state index contributed by atoms with van der Waals surface area (Å²) in [7, 11) is 0. The highest BCUT2D eigenvalue weighted by atomic mass is 19.1. The highest BCUT2D eigenvalue weighted by Crippen LogP contribution is 2.52. The molecule has 6 heterocycles. The van der Waals surface area contributed by atoms with E-state index in [1.54, 1.807) is 4.90 Å². The molecule has 50 heavy (non-hydrogen) atoms. The highest BCUT2D eigenvalue weighted by Gasteiger charge is 2.55. The number of rotatable bonds is 12. The van der Waals surface area contributed by atoms with Crippen molar-refractivity contribution < 1.29 is 23.4 Å². The van der Waals surface area contributed by atoms with Crippen molar-refractivity contribution in [2.75, 3.05) is 63.9 Å². The van der Waals surface area contributed by atoms with E-state index in [1.165, 1.54) is 49.5 Å². The van der Waals surface area contributed by atoms with Crippen LogP contribution in [0, 0.1) is 11.2 Å². The maximum atomic E-state index is 14.3. The van der Waals surface area contributed by atoms with E-state index in [9.17, 15) is 9.18 Å². The number of fused-ring (bicyclic) bond motifs is 1. The Bertz CT molecular complexity index is 1720. The minimum absolute atomic E-state index is 0.0514. The van der Waals surface area contributed by atoms with Gasteiger partial charge in [-0.2, -0.15) is 0 Å². The highest BCUT2D eigenvalue weighted by molar-refractivity contribution is 5.97. The number of halogens is 1. The van der Waals surface area contributed by atoms with Crippen molar-refractivity contribution in [3.63, 3.8) is 0 Å². The number of ether oxygens (including phenoxy) is 3. The lowest BCUT2D eigenvalue weighted by Crippen LogP contribution is -2.70. The van der Waals surface area contributed by atoms with Gasteiger partial charge in [-0.25, -0.2) is 9.37 Å². The van der Waals surface area contributed by atoms with Crippen LogP contribution in [0.5, 0.6) is 17.4 Å². The van der Waals surface area contributed by atoms with Gasteiger partial charge in [0.25, 0.3) is 11.8 Å². The van der Waals surface area contributed by atoms with E-state index in [1.807, 2.05) is 33.0 Å². The molecular weight excluding hydrogens is 639 g/mol. The van der Waals surface area contributed by atoms with Crippen molar-refractivity contribution in [1.82, 2.24) is 34.9 Å². The van der Waals surface area contributed by atoms with E-state index in [0.717, 1.165) is 83.2 Å². The second-order valence-electron chi connectivity index (χ2n) is 15.1. The number of pyridine rings is 1. The Kier molecular flexibility index (Phi) is 8.84. The van der Waals surface area contributed by atoms with Crippen LogP contribution in [0.3, 0.4) is 0 Å². The molecule has 5 aliphatic rings. The first kappa shape index (κ1) is 33.2. The monoisotopic (exact) mass is 686 g/mol. The molecule has 12 nitrogen and oxygen atoms in total. The van der Waals surface area contributed by atoms with Crippen LogP contribution < -0.4 is 14.4 Å². The standard InChI is InChI=1S/C37H47FN8O4/c1-4-46(25(2)3)35(47)28-16-26(38)6-7-31(28)50-34-33(40-24-41-42-34)44-20-36(21-44)17-27(18-36)49-32-8-11-39-30-9-14-43(19-29(30)32)12-5-13-45-15-10-37(45)22-48-23-37/h6-8,11,16,24-25,27H,4-5,9-10,12-15,17-23H2,1-3H3. The quantitative estimate of drug-likeness (QED) is 0.272. The Morgan fingerprint density at radius 2 is 1.96 bits per heavy atom. The van der Waals surface area contributed by atoms with E-state index in [4.69, 9.17) is 19.2 Å². The summed E-state index contributed by atoms with van der Waals surface area (Å²) >= 11 is 0. The van der Waals surface area contributed by atoms with Gasteiger partial charge in [-0.05, 0) is 77.3 Å². The maximum Gasteiger partial charge on any atom is 0.282 e. The Hall–Kier alpha value is -3.94. The first-order valence-corrected chi connectivity index (χ1v) is 18.1. The van der Waals surface area contributed by atoms with Crippen molar-refractivity contribution >= 4 is 11.7 Å². The van der Waals surface area contributed by atoms with Crippen molar-refractivity contribution in [3.05, 3.63) is 59.4 Å². The van der Waals surface area contributed by atoms with Crippen LogP contribution in [0.15, 0.2) is 36.8 Å². The molecule has 2 spiro atoms. The second-order valence-corrected chi connectivity index (χ2v) is 15.1. The number of likely N-dealkylation sites (tertiary alicyclic amines) is 1. The summed E-state index contributed by atoms with van der Waals surface area (Å²) in [6.45, 7) is 15.0. The molecule has 4 fully saturated rings. The normalized spacial score (nSPS) is 20.9. The average Bonchev–Trinajstić information content (AvgIpc) is 3.03. The van der Waals surface area contributed by atoms with E-state index in [0.29, 0.717) is 17.9 Å². The number of carbonyl (C=O) groups excluding carboxylic acids is 1. The number of benzene rings is 1. The van der Waals surface area contributed by atoms with Crippen LogP contribution in [-0.2, 0) is 17.7 Å². The van der Waals surface area contributed by atoms with Crippen LogP contribution in [0.1, 0.15) is 68.1 Å². The predicted octanol–water partition coefficient (Wildman–Crippen LogP) is 4.34. The first-order valence-electron chi connectivity index (χ1n) is 18.1. The fraction of sp³-hybridized carbons (Fsp3) is 0.595. The average molecular weight is 687 g/mol. The van der Waals surface area contributed by atoms with Crippen LogP contribution in [0.2, 0.25) is 0 Å². The molecule has 13 heteroatoms. The molecule has 2 aromatic heterocycles. The Labute approximate surface area is 292 Å². The molecule has 0 bridgehead atoms. The number of amides is 1. The molecule has 1 aliphatic carbocycles. The van der Waals surface area contributed by atoms with Crippen molar-refractivity contribution in [1.29, 1.82) is 0 Å². The van der Waals surface area contributed by atoms with Gasteiger partial charge in [-0.15, -0.1) is 10.2 Å². The Balaban J connectivity index is 0.864. The van der Waals surface area contributed by atoms with Crippen LogP contribution in [0.25, 0.3) is 0 Å². The van der Waals surface area contributed by atoms with Gasteiger partial charge in [-0.1, -0.05) is 0 Å². The number of carbonyl (C=O) groups is 1. The summed E-state index contributed by atoms with van der Waals surface area (Å²) in [5.41, 5.74) is 3.05. The van der Waals surface area contributed by atoms with E-state index in [-0.39, 0.29) is 40.7 Å². The summed E-state index contributed by atoms with van der Waals surface area (Å²) in [6.07, 6.45) is 8.76. The van der Waals surface area contributed by atoms with Gasteiger partial charge in [0.2, 0.25) is 0 Å². The van der Waals surface area contributed by atoms with Crippen LogP contribution in [0.4, 0.5) is 10.2 Å². The van der Waals surface area contributed by atoms with Gasteiger partial charge in [0.05, 0.1) is 24.3 Å². The van der Waals surface area contributed by atoms with Crippen molar-refractivity contribution in [2.45, 2.75) is 77.1 Å². The SMILES string of the molecule is CCN(C(=O)c1cc(F)ccc1Oc1nncnc1N1CC2(CC(Oc3ccnc4c3CN(CCCN3CCC35COC5)CC4)C2)C1)C(C)C. The van der Waals surface area contributed by atoms with Gasteiger partial charge in [0, 0.05) is 81.1 Å². The van der Waals surface area contributed by atoms with Gasteiger partial charge in [0.15, 0.2) is 5.82 Å². The summed E-state index contributed by atoms with van der Waals surface area (Å²) in [6, 6.07) is 5.94. The molecule has 1 amide bonds.